The van der Waals surface area contributed by atoms with Crippen molar-refractivity contribution in [1.82, 2.24) is 10.4 Å². The Morgan fingerprint density at radius 3 is 2.00 bits per heavy atom. The Bertz CT molecular complexity index is 474. The molecule has 0 aromatic carbocycles. The molecule has 0 saturated carbocycles. The Morgan fingerprint density at radius 2 is 1.58 bits per heavy atom. The molecule has 140 valence electrons. The summed E-state index contributed by atoms with van der Waals surface area (Å²) in [6.07, 6.45) is -5.02. The van der Waals surface area contributed by atoms with E-state index >= 15 is 0 Å². The predicted octanol–water partition coefficient (Wildman–Crippen LogP) is -0.446. The van der Waals surface area contributed by atoms with E-state index in [1.807, 2.05) is 27.7 Å². The minimum atomic E-state index is -2.01. The molecule has 1 aliphatic heterocycles. The molecular formula is C15H28N2O7. The van der Waals surface area contributed by atoms with Crippen LogP contribution in [0.4, 0.5) is 0 Å². The Labute approximate surface area is 140 Å². The van der Waals surface area contributed by atoms with Gasteiger partial charge in [-0.3, -0.25) is 4.79 Å². The summed E-state index contributed by atoms with van der Waals surface area (Å²) in [7, 11) is 0. The van der Waals surface area contributed by atoms with Crippen molar-refractivity contribution in [2.75, 3.05) is 0 Å². The van der Waals surface area contributed by atoms with Crippen LogP contribution in [0.1, 0.15) is 40.5 Å². The van der Waals surface area contributed by atoms with E-state index in [-0.39, 0.29) is 12.3 Å². The molecule has 24 heavy (non-hydrogen) atoms. The number of aliphatic hydroxyl groups is 5. The van der Waals surface area contributed by atoms with Gasteiger partial charge in [-0.1, -0.05) is 0 Å². The van der Waals surface area contributed by atoms with Crippen molar-refractivity contribution in [3.05, 3.63) is 12.0 Å². The normalized spacial score (nSPS) is 25.8. The molecule has 0 aliphatic carbocycles. The fourth-order valence-corrected chi connectivity index (χ4v) is 3.24. The van der Waals surface area contributed by atoms with Crippen LogP contribution in [0.2, 0.25) is 0 Å². The van der Waals surface area contributed by atoms with Gasteiger partial charge in [-0.05, 0) is 40.5 Å². The molecule has 0 radical (unpaired) electrons. The lowest BCUT2D eigenvalue weighted by Gasteiger charge is -2.51. The van der Waals surface area contributed by atoms with Crippen molar-refractivity contribution in [2.24, 2.45) is 0 Å². The molecule has 1 amide bonds. The van der Waals surface area contributed by atoms with Gasteiger partial charge in [0.2, 0.25) is 0 Å². The van der Waals surface area contributed by atoms with Crippen LogP contribution in [-0.2, 0) is 4.79 Å². The third-order valence-electron chi connectivity index (χ3n) is 4.34. The van der Waals surface area contributed by atoms with Crippen LogP contribution in [0, 0.1) is 0 Å². The topological polar surface area (TPSA) is 154 Å². The van der Waals surface area contributed by atoms with Gasteiger partial charge < -0.3 is 36.1 Å². The number of carbonyl (C=O) groups is 1. The van der Waals surface area contributed by atoms with Crippen molar-refractivity contribution in [2.45, 2.75) is 76.0 Å². The summed E-state index contributed by atoms with van der Waals surface area (Å²) in [6, 6.07) is -0.369. The monoisotopic (exact) mass is 348 g/mol. The maximum Gasteiger partial charge on any atom is 0.251 e. The average molecular weight is 348 g/mol. The second kappa shape index (κ2) is 7.24. The second-order valence-electron chi connectivity index (χ2n) is 7.48. The molecule has 1 fully saturated rings. The van der Waals surface area contributed by atoms with Crippen LogP contribution < -0.4 is 5.32 Å². The van der Waals surface area contributed by atoms with Gasteiger partial charge in [0.05, 0.1) is 0 Å². The van der Waals surface area contributed by atoms with E-state index in [0.29, 0.717) is 12.8 Å². The number of hydroxylamine groups is 2. The zero-order valence-corrected chi connectivity index (χ0v) is 14.3. The molecule has 1 saturated heterocycles. The maximum absolute atomic E-state index is 12.1. The Morgan fingerprint density at radius 1 is 1.12 bits per heavy atom. The van der Waals surface area contributed by atoms with E-state index in [0.717, 1.165) is 0 Å². The minimum absolute atomic E-state index is 0.167. The quantitative estimate of drug-likeness (QED) is 0.330. The van der Waals surface area contributed by atoms with Gasteiger partial charge >= 0.3 is 0 Å². The highest BCUT2D eigenvalue weighted by Crippen LogP contribution is 2.36. The number of carbonyl (C=O) groups excluding carboxylic acids is 1. The first-order valence-electron chi connectivity index (χ1n) is 7.70. The molecule has 1 rings (SSSR count). The standard InChI is InChI=1S/C15H28N2O7/c1-14(2)5-8(6-15(3,4)17(14)24)16-13(23)12(22)11(21)10(20)9(19)7-18/h7-8,10-12,18-22,24H,5-6H2,1-4H3,(H,16,23). The molecule has 9 nitrogen and oxygen atoms in total. The number of hydrogen-bond acceptors (Lipinski definition) is 8. The molecular weight excluding hydrogens is 320 g/mol. The number of nitrogens with zero attached hydrogens (tertiary/aromatic N) is 1. The first-order chi connectivity index (χ1) is 10.8. The fraction of sp³-hybridized carbons (Fsp3) is 0.800. The SMILES string of the molecule is CC1(C)CC(NC(=O)C(O)C(O)C(O)C(O)=CO)CC(C)(C)N1O. The van der Waals surface area contributed by atoms with Crippen molar-refractivity contribution < 1.29 is 35.5 Å². The largest absolute Gasteiger partial charge is 0.512 e. The van der Waals surface area contributed by atoms with E-state index in [4.69, 9.17) is 10.2 Å². The van der Waals surface area contributed by atoms with Gasteiger partial charge in [0, 0.05) is 17.1 Å². The summed E-state index contributed by atoms with van der Waals surface area (Å²) in [4.78, 5) is 12.1. The number of nitrogens with one attached hydrogen (secondary N) is 1. The molecule has 7 N–H and O–H groups in total. The Hall–Kier alpha value is -1.39. The lowest BCUT2D eigenvalue weighted by molar-refractivity contribution is -0.246. The highest BCUT2D eigenvalue weighted by Gasteiger charge is 2.46. The predicted molar refractivity (Wildman–Crippen MR) is 84.3 cm³/mol. The van der Waals surface area contributed by atoms with Crippen molar-refractivity contribution >= 4 is 5.91 Å². The smallest absolute Gasteiger partial charge is 0.251 e. The van der Waals surface area contributed by atoms with Crippen LogP contribution in [0.15, 0.2) is 12.0 Å². The highest BCUT2D eigenvalue weighted by molar-refractivity contribution is 5.81. The van der Waals surface area contributed by atoms with Gasteiger partial charge in [0.25, 0.3) is 5.91 Å². The van der Waals surface area contributed by atoms with Crippen molar-refractivity contribution in [3.8, 4) is 0 Å². The molecule has 0 spiro atoms. The van der Waals surface area contributed by atoms with Gasteiger partial charge in [0.1, 0.15) is 18.5 Å². The number of rotatable bonds is 5. The molecule has 0 bridgehead atoms. The summed E-state index contributed by atoms with van der Waals surface area (Å²) >= 11 is 0. The van der Waals surface area contributed by atoms with Crippen LogP contribution >= 0.6 is 0 Å². The van der Waals surface area contributed by atoms with E-state index < -0.39 is 41.1 Å². The lowest BCUT2D eigenvalue weighted by atomic mass is 9.79. The molecule has 0 aromatic heterocycles. The van der Waals surface area contributed by atoms with Gasteiger partial charge in [-0.15, -0.1) is 0 Å². The summed E-state index contributed by atoms with van der Waals surface area (Å²) in [5.74, 6) is -1.89. The van der Waals surface area contributed by atoms with Crippen LogP contribution in [0.3, 0.4) is 0 Å². The van der Waals surface area contributed by atoms with Gasteiger partial charge in [0.15, 0.2) is 11.9 Å². The van der Waals surface area contributed by atoms with Crippen LogP contribution in [0.5, 0.6) is 0 Å². The molecule has 3 unspecified atom stereocenters. The Kier molecular flexibility index (Phi) is 6.23. The molecule has 0 aromatic rings. The summed E-state index contributed by atoms with van der Waals surface area (Å²) in [5, 5.41) is 60.8. The maximum atomic E-state index is 12.1. The van der Waals surface area contributed by atoms with Crippen LogP contribution in [-0.4, -0.2) is 77.1 Å². The van der Waals surface area contributed by atoms with Crippen LogP contribution in [0.25, 0.3) is 0 Å². The fourth-order valence-electron chi connectivity index (χ4n) is 3.24. The average Bonchev–Trinajstić information content (AvgIpc) is 2.48. The van der Waals surface area contributed by atoms with E-state index in [2.05, 4.69) is 5.32 Å². The first-order valence-corrected chi connectivity index (χ1v) is 7.70. The minimum Gasteiger partial charge on any atom is -0.512 e. The first kappa shape index (κ1) is 20.7. The van der Waals surface area contributed by atoms with Crippen molar-refractivity contribution in [1.29, 1.82) is 0 Å². The number of hydrogen-bond donors (Lipinski definition) is 7. The second-order valence-corrected chi connectivity index (χ2v) is 7.48. The molecule has 1 aliphatic rings. The third-order valence-corrected chi connectivity index (χ3v) is 4.34. The Balaban J connectivity index is 2.77. The third kappa shape index (κ3) is 4.37. The van der Waals surface area contributed by atoms with Gasteiger partial charge in [-0.2, -0.15) is 5.06 Å². The summed E-state index contributed by atoms with van der Waals surface area (Å²) in [6.45, 7) is 7.25. The van der Waals surface area contributed by atoms with Crippen molar-refractivity contribution in [3.63, 3.8) is 0 Å². The van der Waals surface area contributed by atoms with Gasteiger partial charge in [-0.25, -0.2) is 0 Å². The molecule has 9 heteroatoms. The number of aliphatic hydroxyl groups excluding tert-OH is 5. The van der Waals surface area contributed by atoms with E-state index in [1.54, 1.807) is 0 Å². The highest BCUT2D eigenvalue weighted by atomic mass is 16.5. The van der Waals surface area contributed by atoms with E-state index in [1.165, 1.54) is 5.06 Å². The summed E-state index contributed by atoms with van der Waals surface area (Å²) < 4.78 is 0. The number of piperidine rings is 1. The zero-order chi connectivity index (χ0) is 18.9. The summed E-state index contributed by atoms with van der Waals surface area (Å²) in [5.41, 5.74) is -1.22. The zero-order valence-electron chi connectivity index (χ0n) is 14.3. The number of amides is 1. The molecule has 3 atom stereocenters. The lowest BCUT2D eigenvalue weighted by Crippen LogP contribution is -2.63. The molecule has 1 heterocycles. The van der Waals surface area contributed by atoms with E-state index in [9.17, 15) is 25.3 Å².